The summed E-state index contributed by atoms with van der Waals surface area (Å²) >= 11 is 3.60. The van der Waals surface area contributed by atoms with Crippen LogP contribution in [0.1, 0.15) is 28.5 Å². The highest BCUT2D eigenvalue weighted by Crippen LogP contribution is 2.69. The fourth-order valence-corrected chi connectivity index (χ4v) is 6.76. The lowest BCUT2D eigenvalue weighted by Crippen LogP contribution is -2.48. The van der Waals surface area contributed by atoms with E-state index in [2.05, 4.69) is 74.8 Å². The number of pyridine rings is 1. The molecule has 6 nitrogen and oxygen atoms in total. The largest absolute Gasteiger partial charge is 0.495 e. The van der Waals surface area contributed by atoms with Crippen molar-refractivity contribution >= 4 is 15.9 Å². The quantitative estimate of drug-likeness (QED) is 0.470. The molecule has 1 saturated heterocycles. The smallest absolute Gasteiger partial charge is 0.149 e. The van der Waals surface area contributed by atoms with Gasteiger partial charge in [-0.2, -0.15) is 0 Å². The number of halogens is 1. The van der Waals surface area contributed by atoms with Crippen LogP contribution in [-0.4, -0.2) is 49.6 Å². The fourth-order valence-electron chi connectivity index (χ4n) is 6.49. The number of benzene rings is 2. The molecule has 3 aliphatic rings. The minimum absolute atomic E-state index is 0.0226. The molecule has 35 heavy (non-hydrogen) atoms. The Hall–Kier alpha value is -2.45. The molecule has 2 aromatic carbocycles. The number of methoxy groups -OCH3 is 1. The Kier molecular flexibility index (Phi) is 6.05. The lowest BCUT2D eigenvalue weighted by molar-refractivity contribution is -0.00819. The SMILES string of the molecule is COc1cncc2c1[C@H]1[C@H](CNC3COC3)[C@@H](CO)[C@@H](c3ccccc3)[C@@]1(c1ccc(Br)cc1)O2. The first-order valence-corrected chi connectivity index (χ1v) is 12.9. The third kappa shape index (κ3) is 3.59. The van der Waals surface area contributed by atoms with E-state index in [1.165, 1.54) is 0 Å². The van der Waals surface area contributed by atoms with Crippen LogP contribution in [-0.2, 0) is 10.3 Å². The molecule has 1 saturated carbocycles. The average molecular weight is 537 g/mol. The first-order valence-electron chi connectivity index (χ1n) is 12.1. The summed E-state index contributed by atoms with van der Waals surface area (Å²) in [6.07, 6.45) is 3.57. The third-order valence-corrected chi connectivity index (χ3v) is 8.53. The number of aliphatic hydroxyl groups excluding tert-OH is 1. The summed E-state index contributed by atoms with van der Waals surface area (Å²) < 4.78 is 19.3. The van der Waals surface area contributed by atoms with Gasteiger partial charge in [-0.25, -0.2) is 0 Å². The summed E-state index contributed by atoms with van der Waals surface area (Å²) in [4.78, 5) is 4.41. The molecule has 2 N–H and O–H groups in total. The number of hydrogen-bond donors (Lipinski definition) is 2. The van der Waals surface area contributed by atoms with Gasteiger partial charge in [-0.15, -0.1) is 0 Å². The van der Waals surface area contributed by atoms with E-state index in [-0.39, 0.29) is 30.3 Å². The highest BCUT2D eigenvalue weighted by atomic mass is 79.9. The molecule has 0 amide bonds. The van der Waals surface area contributed by atoms with Gasteiger partial charge in [0.25, 0.3) is 0 Å². The molecule has 5 atom stereocenters. The van der Waals surface area contributed by atoms with E-state index in [1.54, 1.807) is 19.5 Å². The van der Waals surface area contributed by atoms with Crippen molar-refractivity contribution < 1.29 is 19.3 Å². The lowest BCUT2D eigenvalue weighted by atomic mass is 9.73. The van der Waals surface area contributed by atoms with Gasteiger partial charge in [-0.05, 0) is 41.6 Å². The predicted molar refractivity (Wildman–Crippen MR) is 136 cm³/mol. The van der Waals surface area contributed by atoms with Gasteiger partial charge in [0.15, 0.2) is 0 Å². The van der Waals surface area contributed by atoms with Gasteiger partial charge in [0.2, 0.25) is 0 Å². The van der Waals surface area contributed by atoms with Crippen molar-refractivity contribution in [3.63, 3.8) is 0 Å². The fraction of sp³-hybridized carbons (Fsp3) is 0.393. The second-order valence-corrected chi connectivity index (χ2v) is 10.6. The molecule has 2 aliphatic heterocycles. The highest BCUT2D eigenvalue weighted by molar-refractivity contribution is 9.10. The van der Waals surface area contributed by atoms with Gasteiger partial charge in [0.05, 0.1) is 38.8 Å². The molecular formula is C28H29BrN2O4. The summed E-state index contributed by atoms with van der Waals surface area (Å²) in [5.74, 6) is 1.46. The van der Waals surface area contributed by atoms with Crippen molar-refractivity contribution in [1.29, 1.82) is 0 Å². The zero-order valence-electron chi connectivity index (χ0n) is 19.6. The van der Waals surface area contributed by atoms with Gasteiger partial charge in [0, 0.05) is 28.5 Å². The molecule has 0 radical (unpaired) electrons. The summed E-state index contributed by atoms with van der Waals surface area (Å²) in [5.41, 5.74) is 2.58. The predicted octanol–water partition coefficient (Wildman–Crippen LogP) is 4.23. The Bertz CT molecular complexity index is 1190. The molecule has 3 aromatic rings. The first-order chi connectivity index (χ1) is 17.2. The minimum atomic E-state index is -0.712. The molecule has 182 valence electrons. The Labute approximate surface area is 213 Å². The van der Waals surface area contributed by atoms with Crippen LogP contribution in [0.3, 0.4) is 0 Å². The number of nitrogens with zero attached hydrogens (tertiary/aromatic N) is 1. The summed E-state index contributed by atoms with van der Waals surface area (Å²) in [7, 11) is 1.68. The Morgan fingerprint density at radius 2 is 1.83 bits per heavy atom. The van der Waals surface area contributed by atoms with E-state index in [9.17, 15) is 5.11 Å². The number of hydrogen-bond acceptors (Lipinski definition) is 6. The zero-order valence-corrected chi connectivity index (χ0v) is 21.1. The number of ether oxygens (including phenoxy) is 3. The summed E-state index contributed by atoms with van der Waals surface area (Å²) in [6.45, 7) is 2.26. The van der Waals surface area contributed by atoms with E-state index < -0.39 is 5.60 Å². The lowest BCUT2D eigenvalue weighted by Gasteiger charge is -2.37. The second-order valence-electron chi connectivity index (χ2n) is 9.67. The maximum atomic E-state index is 10.9. The number of aromatic nitrogens is 1. The standard InChI is InChI=1S/C28H29BrN2O4/c1-33-23-12-30-13-24-25(23)27-21(11-31-20-15-34-16-20)22(14-32)26(17-5-3-2-4-6-17)28(27,35-24)18-7-9-19(29)10-8-18/h2-10,12-13,20-22,26-27,31-32H,11,14-16H2,1H3/t21-,22-,26-,27-,28-/m1/s1. The molecule has 2 fully saturated rings. The van der Waals surface area contributed by atoms with Crippen LogP contribution in [0.15, 0.2) is 71.5 Å². The van der Waals surface area contributed by atoms with Crippen LogP contribution in [0.4, 0.5) is 0 Å². The van der Waals surface area contributed by atoms with E-state index in [1.807, 2.05) is 6.07 Å². The van der Waals surface area contributed by atoms with Gasteiger partial charge < -0.3 is 24.6 Å². The summed E-state index contributed by atoms with van der Waals surface area (Å²) in [5, 5.41) is 14.6. The minimum Gasteiger partial charge on any atom is -0.495 e. The topological polar surface area (TPSA) is 72.8 Å². The van der Waals surface area contributed by atoms with Crippen LogP contribution in [0.5, 0.6) is 11.5 Å². The zero-order chi connectivity index (χ0) is 24.0. The third-order valence-electron chi connectivity index (χ3n) is 8.00. The molecule has 6 rings (SSSR count). The van der Waals surface area contributed by atoms with E-state index >= 15 is 0 Å². The molecule has 0 spiro atoms. The van der Waals surface area contributed by atoms with E-state index in [0.29, 0.717) is 6.04 Å². The maximum Gasteiger partial charge on any atom is 0.149 e. The molecule has 1 aromatic heterocycles. The maximum absolute atomic E-state index is 10.9. The van der Waals surface area contributed by atoms with Gasteiger partial charge >= 0.3 is 0 Å². The molecule has 1 aliphatic carbocycles. The van der Waals surface area contributed by atoms with Crippen molar-refractivity contribution in [1.82, 2.24) is 10.3 Å². The van der Waals surface area contributed by atoms with Crippen LogP contribution in [0, 0.1) is 11.8 Å². The second kappa shape index (κ2) is 9.21. The van der Waals surface area contributed by atoms with Crippen molar-refractivity contribution in [3.8, 4) is 11.5 Å². The van der Waals surface area contributed by atoms with Crippen LogP contribution >= 0.6 is 15.9 Å². The summed E-state index contributed by atoms with van der Waals surface area (Å²) in [6, 6.07) is 19.2. The van der Waals surface area contributed by atoms with Crippen LogP contribution in [0.25, 0.3) is 0 Å². The highest BCUT2D eigenvalue weighted by Gasteiger charge is 2.67. The van der Waals surface area contributed by atoms with Crippen molar-refractivity contribution in [2.75, 3.05) is 33.5 Å². The Balaban J connectivity index is 1.58. The number of fused-ring (bicyclic) bond motifs is 3. The average Bonchev–Trinajstić information content (AvgIpc) is 3.34. The molecule has 0 bridgehead atoms. The van der Waals surface area contributed by atoms with E-state index in [0.717, 1.165) is 52.4 Å². The first kappa shape index (κ1) is 23.0. The molecule has 7 heteroatoms. The van der Waals surface area contributed by atoms with Crippen molar-refractivity contribution in [2.24, 2.45) is 11.8 Å². The van der Waals surface area contributed by atoms with Gasteiger partial charge in [-0.3, -0.25) is 4.98 Å². The molecule has 0 unspecified atom stereocenters. The normalized spacial score (nSPS) is 29.2. The molecular weight excluding hydrogens is 508 g/mol. The molecule has 3 heterocycles. The van der Waals surface area contributed by atoms with Crippen LogP contribution in [0.2, 0.25) is 0 Å². The van der Waals surface area contributed by atoms with E-state index in [4.69, 9.17) is 14.2 Å². The van der Waals surface area contributed by atoms with Crippen molar-refractivity contribution in [2.45, 2.75) is 23.5 Å². The van der Waals surface area contributed by atoms with Crippen LogP contribution < -0.4 is 14.8 Å². The Morgan fingerprint density at radius 3 is 2.49 bits per heavy atom. The number of nitrogens with one attached hydrogen (secondary N) is 1. The van der Waals surface area contributed by atoms with Crippen molar-refractivity contribution in [3.05, 3.63) is 88.2 Å². The monoisotopic (exact) mass is 536 g/mol. The number of rotatable bonds is 7. The van der Waals surface area contributed by atoms with Gasteiger partial charge in [0.1, 0.15) is 17.1 Å². The Morgan fingerprint density at radius 1 is 1.06 bits per heavy atom. The van der Waals surface area contributed by atoms with Gasteiger partial charge in [-0.1, -0.05) is 58.4 Å². The number of aliphatic hydroxyl groups is 1.